The van der Waals surface area contributed by atoms with Crippen molar-refractivity contribution in [3.8, 4) is 0 Å². The Hall–Kier alpha value is -1.03. The molecule has 0 fully saturated rings. The summed E-state index contributed by atoms with van der Waals surface area (Å²) in [6.07, 6.45) is 1.94. The first-order valence-electron chi connectivity index (χ1n) is 4.91. The van der Waals surface area contributed by atoms with E-state index in [2.05, 4.69) is 27.4 Å². The lowest BCUT2D eigenvalue weighted by Gasteiger charge is -2.04. The van der Waals surface area contributed by atoms with E-state index in [4.69, 9.17) is 4.74 Å². The number of nitrogens with one attached hydrogen (secondary N) is 1. The van der Waals surface area contributed by atoms with Crippen LogP contribution in [0.3, 0.4) is 0 Å². The standard InChI is InChI=1S/C11H14BrNO2/c1-2-3-8-15-11(14)9-4-6-10(13-12)7-5-9/h4-7,13H,2-3,8H2,1H3. The maximum atomic E-state index is 11.5. The van der Waals surface area contributed by atoms with Crippen LogP contribution >= 0.6 is 16.1 Å². The Morgan fingerprint density at radius 2 is 2.07 bits per heavy atom. The molecule has 0 amide bonds. The van der Waals surface area contributed by atoms with Crippen LogP contribution in [0.1, 0.15) is 30.1 Å². The first-order valence-corrected chi connectivity index (χ1v) is 5.71. The van der Waals surface area contributed by atoms with Gasteiger partial charge in [0.2, 0.25) is 0 Å². The number of rotatable bonds is 5. The number of ether oxygens (including phenoxy) is 1. The Kier molecular flexibility index (Phi) is 5.18. The van der Waals surface area contributed by atoms with Crippen LogP contribution in [0.4, 0.5) is 5.69 Å². The minimum Gasteiger partial charge on any atom is -0.462 e. The van der Waals surface area contributed by atoms with Gasteiger partial charge < -0.3 is 9.08 Å². The molecule has 1 N–H and O–H groups in total. The van der Waals surface area contributed by atoms with Crippen LogP contribution in [0.15, 0.2) is 24.3 Å². The molecule has 3 nitrogen and oxygen atoms in total. The lowest BCUT2D eigenvalue weighted by Crippen LogP contribution is -2.06. The zero-order valence-electron chi connectivity index (χ0n) is 8.63. The van der Waals surface area contributed by atoms with E-state index in [1.165, 1.54) is 0 Å². The van der Waals surface area contributed by atoms with E-state index in [9.17, 15) is 4.79 Å². The first-order chi connectivity index (χ1) is 7.27. The van der Waals surface area contributed by atoms with Gasteiger partial charge in [-0.2, -0.15) is 0 Å². The van der Waals surface area contributed by atoms with E-state index in [0.29, 0.717) is 12.2 Å². The summed E-state index contributed by atoms with van der Waals surface area (Å²) in [5, 5.41) is 0. The summed E-state index contributed by atoms with van der Waals surface area (Å²) in [7, 11) is 0. The third kappa shape index (κ3) is 3.91. The van der Waals surface area contributed by atoms with E-state index in [-0.39, 0.29) is 5.97 Å². The van der Waals surface area contributed by atoms with Gasteiger partial charge in [-0.25, -0.2) is 4.79 Å². The molecule has 0 saturated heterocycles. The zero-order chi connectivity index (χ0) is 11.1. The molecule has 0 bridgehead atoms. The number of unbranched alkanes of at least 4 members (excludes halogenated alkanes) is 1. The fourth-order valence-corrected chi connectivity index (χ4v) is 1.33. The van der Waals surface area contributed by atoms with Gasteiger partial charge in [0.15, 0.2) is 0 Å². The number of esters is 1. The summed E-state index contributed by atoms with van der Waals surface area (Å²) < 4.78 is 7.88. The van der Waals surface area contributed by atoms with Crippen LogP contribution in [-0.2, 0) is 4.74 Å². The highest BCUT2D eigenvalue weighted by Gasteiger charge is 2.05. The topological polar surface area (TPSA) is 38.3 Å². The Bertz CT molecular complexity index is 311. The molecule has 0 unspecified atom stereocenters. The molecular formula is C11H14BrNO2. The number of anilines is 1. The number of carbonyl (C=O) groups is 1. The number of carbonyl (C=O) groups excluding carboxylic acids is 1. The summed E-state index contributed by atoms with van der Waals surface area (Å²) in [5.74, 6) is -0.260. The largest absolute Gasteiger partial charge is 0.462 e. The number of hydrogen-bond donors (Lipinski definition) is 1. The predicted molar refractivity (Wildman–Crippen MR) is 64.2 cm³/mol. The van der Waals surface area contributed by atoms with Crippen LogP contribution in [-0.4, -0.2) is 12.6 Å². The summed E-state index contributed by atoms with van der Waals surface area (Å²) in [5.41, 5.74) is 1.48. The SMILES string of the molecule is CCCCOC(=O)c1ccc(NBr)cc1. The molecule has 0 heterocycles. The molecule has 0 aromatic heterocycles. The van der Waals surface area contributed by atoms with Gasteiger partial charge in [-0.1, -0.05) is 13.3 Å². The quantitative estimate of drug-likeness (QED) is 0.507. The minimum absolute atomic E-state index is 0.260. The number of hydrogen-bond acceptors (Lipinski definition) is 3. The minimum atomic E-state index is -0.260. The highest BCUT2D eigenvalue weighted by molar-refractivity contribution is 9.10. The molecular weight excluding hydrogens is 258 g/mol. The van der Waals surface area contributed by atoms with Gasteiger partial charge in [0.25, 0.3) is 0 Å². The lowest BCUT2D eigenvalue weighted by atomic mass is 10.2. The van der Waals surface area contributed by atoms with E-state index < -0.39 is 0 Å². The van der Waals surface area contributed by atoms with Crippen LogP contribution in [0.25, 0.3) is 0 Å². The molecule has 0 aliphatic carbocycles. The van der Waals surface area contributed by atoms with Gasteiger partial charge in [-0.3, -0.25) is 0 Å². The van der Waals surface area contributed by atoms with Crippen molar-refractivity contribution < 1.29 is 9.53 Å². The third-order valence-corrected chi connectivity index (χ3v) is 2.42. The van der Waals surface area contributed by atoms with Gasteiger partial charge in [0, 0.05) is 21.8 Å². The van der Waals surface area contributed by atoms with Gasteiger partial charge >= 0.3 is 5.97 Å². The normalized spacial score (nSPS) is 9.73. The van der Waals surface area contributed by atoms with Crippen molar-refractivity contribution in [2.75, 3.05) is 10.9 Å². The molecule has 0 saturated carbocycles. The van der Waals surface area contributed by atoms with Crippen molar-refractivity contribution in [2.45, 2.75) is 19.8 Å². The molecule has 82 valence electrons. The van der Waals surface area contributed by atoms with Gasteiger partial charge in [0.1, 0.15) is 0 Å². The number of halogens is 1. The van der Waals surface area contributed by atoms with Crippen molar-refractivity contribution in [3.63, 3.8) is 0 Å². The zero-order valence-corrected chi connectivity index (χ0v) is 10.2. The highest BCUT2D eigenvalue weighted by Crippen LogP contribution is 2.11. The van der Waals surface area contributed by atoms with E-state index in [1.807, 2.05) is 12.1 Å². The van der Waals surface area contributed by atoms with Crippen LogP contribution in [0.2, 0.25) is 0 Å². The summed E-state index contributed by atoms with van der Waals surface area (Å²) in [4.78, 5) is 11.5. The van der Waals surface area contributed by atoms with Crippen LogP contribution in [0.5, 0.6) is 0 Å². The highest BCUT2D eigenvalue weighted by atomic mass is 79.9. The van der Waals surface area contributed by atoms with Crippen LogP contribution < -0.4 is 4.34 Å². The Morgan fingerprint density at radius 1 is 1.40 bits per heavy atom. The Morgan fingerprint density at radius 3 is 2.60 bits per heavy atom. The molecule has 1 aromatic rings. The average Bonchev–Trinajstić information content (AvgIpc) is 2.29. The second-order valence-corrected chi connectivity index (χ2v) is 3.56. The molecule has 0 radical (unpaired) electrons. The molecule has 0 aliphatic heterocycles. The summed E-state index contributed by atoms with van der Waals surface area (Å²) in [6.45, 7) is 2.55. The van der Waals surface area contributed by atoms with Crippen LogP contribution in [0, 0.1) is 0 Å². The predicted octanol–water partition coefficient (Wildman–Crippen LogP) is 3.37. The van der Waals surface area contributed by atoms with E-state index in [0.717, 1.165) is 18.5 Å². The second-order valence-electron chi connectivity index (χ2n) is 3.16. The molecule has 1 rings (SSSR count). The number of benzene rings is 1. The summed E-state index contributed by atoms with van der Waals surface area (Å²) in [6, 6.07) is 7.09. The van der Waals surface area contributed by atoms with Crippen molar-refractivity contribution in [1.82, 2.24) is 0 Å². The molecule has 0 spiro atoms. The molecule has 0 aliphatic rings. The van der Waals surface area contributed by atoms with Crippen molar-refractivity contribution in [3.05, 3.63) is 29.8 Å². The van der Waals surface area contributed by atoms with E-state index in [1.54, 1.807) is 12.1 Å². The van der Waals surface area contributed by atoms with E-state index >= 15 is 0 Å². The monoisotopic (exact) mass is 271 g/mol. The fourth-order valence-electron chi connectivity index (χ4n) is 1.06. The van der Waals surface area contributed by atoms with Crippen molar-refractivity contribution >= 4 is 27.8 Å². The Balaban J connectivity index is 2.50. The van der Waals surface area contributed by atoms with Gasteiger partial charge in [-0.05, 0) is 30.7 Å². The average molecular weight is 272 g/mol. The molecule has 15 heavy (non-hydrogen) atoms. The van der Waals surface area contributed by atoms with Crippen molar-refractivity contribution in [1.29, 1.82) is 0 Å². The molecule has 1 aromatic carbocycles. The molecule has 4 heteroatoms. The first kappa shape index (κ1) is 12.0. The Labute approximate surface area is 98.2 Å². The summed E-state index contributed by atoms with van der Waals surface area (Å²) >= 11 is 3.10. The molecule has 0 atom stereocenters. The smallest absolute Gasteiger partial charge is 0.338 e. The third-order valence-electron chi connectivity index (χ3n) is 1.96. The fraction of sp³-hybridized carbons (Fsp3) is 0.364. The van der Waals surface area contributed by atoms with Gasteiger partial charge in [-0.15, -0.1) is 0 Å². The maximum absolute atomic E-state index is 11.5. The second kappa shape index (κ2) is 6.45. The maximum Gasteiger partial charge on any atom is 0.338 e. The van der Waals surface area contributed by atoms with Gasteiger partial charge in [0.05, 0.1) is 12.2 Å². The van der Waals surface area contributed by atoms with Crippen molar-refractivity contribution in [2.24, 2.45) is 0 Å². The lowest BCUT2D eigenvalue weighted by molar-refractivity contribution is 0.0500.